The van der Waals surface area contributed by atoms with Crippen LogP contribution in [-0.4, -0.2) is 37.1 Å². The Balaban J connectivity index is 1.97. The smallest absolute Gasteiger partial charge is 0.324 e. The van der Waals surface area contributed by atoms with Crippen molar-refractivity contribution in [2.24, 2.45) is 0 Å². The van der Waals surface area contributed by atoms with Crippen LogP contribution in [0.5, 0.6) is 0 Å². The number of urea groups is 1. The normalized spacial score (nSPS) is 16.9. The van der Waals surface area contributed by atoms with Crippen LogP contribution >= 0.6 is 0 Å². The molecule has 116 valence electrons. The predicted molar refractivity (Wildman–Crippen MR) is 74.1 cm³/mol. The number of halogens is 3. The summed E-state index contributed by atoms with van der Waals surface area (Å²) in [7, 11) is 1.88. The molecule has 2 N–H and O–H groups in total. The van der Waals surface area contributed by atoms with Crippen LogP contribution < -0.4 is 10.6 Å². The third-order valence-corrected chi connectivity index (χ3v) is 3.63. The van der Waals surface area contributed by atoms with Crippen molar-refractivity contribution in [3.63, 3.8) is 0 Å². The molecule has 21 heavy (non-hydrogen) atoms. The maximum absolute atomic E-state index is 12.6. The Morgan fingerprint density at radius 2 is 1.95 bits per heavy atom. The second-order valence-corrected chi connectivity index (χ2v) is 5.06. The molecular formula is C14H18F3N3O. The highest BCUT2D eigenvalue weighted by Gasteiger charge is 2.30. The topological polar surface area (TPSA) is 44.4 Å². The molecule has 1 aromatic carbocycles. The second-order valence-electron chi connectivity index (χ2n) is 5.06. The number of benzene rings is 1. The summed E-state index contributed by atoms with van der Waals surface area (Å²) in [6.07, 6.45) is -2.73. The number of likely N-dealkylation sites (tertiary alicyclic amines) is 1. The van der Waals surface area contributed by atoms with E-state index in [1.165, 1.54) is 12.1 Å². The van der Waals surface area contributed by atoms with E-state index in [0.717, 1.165) is 25.0 Å². The maximum atomic E-state index is 12.6. The average molecular weight is 301 g/mol. The molecule has 1 aliphatic rings. The van der Waals surface area contributed by atoms with Gasteiger partial charge in [0.05, 0.1) is 5.56 Å². The molecule has 1 heterocycles. The minimum atomic E-state index is -4.41. The van der Waals surface area contributed by atoms with Crippen molar-refractivity contribution in [1.82, 2.24) is 10.2 Å². The summed E-state index contributed by atoms with van der Waals surface area (Å²) in [6.45, 7) is 1.19. The lowest BCUT2D eigenvalue weighted by molar-refractivity contribution is -0.137. The van der Waals surface area contributed by atoms with Gasteiger partial charge in [0.1, 0.15) is 0 Å². The molecular weight excluding hydrogens is 283 g/mol. The van der Waals surface area contributed by atoms with E-state index in [2.05, 4.69) is 10.6 Å². The lowest BCUT2D eigenvalue weighted by Gasteiger charge is -2.31. The molecule has 0 unspecified atom stereocenters. The van der Waals surface area contributed by atoms with Crippen LogP contribution in [0.2, 0.25) is 0 Å². The van der Waals surface area contributed by atoms with Crippen molar-refractivity contribution < 1.29 is 18.0 Å². The van der Waals surface area contributed by atoms with Gasteiger partial charge in [0, 0.05) is 24.8 Å². The molecule has 1 saturated heterocycles. The molecule has 2 rings (SSSR count). The van der Waals surface area contributed by atoms with Gasteiger partial charge in [-0.15, -0.1) is 0 Å². The molecule has 7 heteroatoms. The van der Waals surface area contributed by atoms with Crippen LogP contribution in [0, 0.1) is 0 Å². The number of nitrogens with one attached hydrogen (secondary N) is 2. The second kappa shape index (κ2) is 6.34. The van der Waals surface area contributed by atoms with E-state index in [1.54, 1.807) is 4.90 Å². The van der Waals surface area contributed by atoms with E-state index in [1.807, 2.05) is 7.05 Å². The van der Waals surface area contributed by atoms with Gasteiger partial charge in [-0.05, 0) is 38.1 Å². The van der Waals surface area contributed by atoms with Crippen molar-refractivity contribution in [2.45, 2.75) is 25.1 Å². The summed E-state index contributed by atoms with van der Waals surface area (Å²) < 4.78 is 37.8. The first-order chi connectivity index (χ1) is 9.90. The summed E-state index contributed by atoms with van der Waals surface area (Å²) in [6, 6.07) is 4.69. The summed E-state index contributed by atoms with van der Waals surface area (Å²) >= 11 is 0. The lowest BCUT2D eigenvalue weighted by atomic mass is 10.1. The van der Waals surface area contributed by atoms with Gasteiger partial charge >= 0.3 is 12.2 Å². The van der Waals surface area contributed by atoms with Gasteiger partial charge in [-0.25, -0.2) is 4.79 Å². The van der Waals surface area contributed by atoms with E-state index in [-0.39, 0.29) is 11.7 Å². The highest BCUT2D eigenvalue weighted by Crippen LogP contribution is 2.30. The molecule has 0 atom stereocenters. The Morgan fingerprint density at radius 3 is 2.52 bits per heavy atom. The number of hydrogen-bond donors (Lipinski definition) is 2. The number of hydrogen-bond acceptors (Lipinski definition) is 2. The molecule has 0 aliphatic carbocycles. The van der Waals surface area contributed by atoms with Gasteiger partial charge in [0.25, 0.3) is 0 Å². The molecule has 0 saturated carbocycles. The van der Waals surface area contributed by atoms with Crippen LogP contribution in [0.3, 0.4) is 0 Å². The first-order valence-corrected chi connectivity index (χ1v) is 6.80. The van der Waals surface area contributed by atoms with Crippen molar-refractivity contribution in [2.75, 3.05) is 25.5 Å². The molecule has 0 aromatic heterocycles. The number of nitrogens with zero attached hydrogens (tertiary/aromatic N) is 1. The Labute approximate surface area is 121 Å². The van der Waals surface area contributed by atoms with Crippen molar-refractivity contribution >= 4 is 11.7 Å². The zero-order valence-corrected chi connectivity index (χ0v) is 11.7. The highest BCUT2D eigenvalue weighted by molar-refractivity contribution is 5.89. The molecule has 1 aliphatic heterocycles. The number of rotatable bonds is 2. The van der Waals surface area contributed by atoms with E-state index in [9.17, 15) is 18.0 Å². The summed E-state index contributed by atoms with van der Waals surface area (Å²) in [5, 5.41) is 5.68. The molecule has 2 amide bonds. The van der Waals surface area contributed by atoms with Gasteiger partial charge in [0.15, 0.2) is 0 Å². The van der Waals surface area contributed by atoms with E-state index in [0.29, 0.717) is 19.1 Å². The first kappa shape index (κ1) is 15.6. The summed E-state index contributed by atoms with van der Waals surface area (Å²) in [5.74, 6) is 0. The zero-order chi connectivity index (χ0) is 15.5. The Bertz CT molecular complexity index is 496. The average Bonchev–Trinajstić information content (AvgIpc) is 2.47. The summed E-state index contributed by atoms with van der Waals surface area (Å²) in [5.41, 5.74) is -0.611. The van der Waals surface area contributed by atoms with Crippen LogP contribution in [0.15, 0.2) is 24.3 Å². The molecule has 0 spiro atoms. The predicted octanol–water partition coefficient (Wildman–Crippen LogP) is 2.92. The minimum Gasteiger partial charge on any atom is -0.324 e. The zero-order valence-electron chi connectivity index (χ0n) is 11.7. The number of anilines is 1. The van der Waals surface area contributed by atoms with Crippen LogP contribution in [0.4, 0.5) is 23.7 Å². The van der Waals surface area contributed by atoms with Crippen molar-refractivity contribution in [3.05, 3.63) is 29.8 Å². The van der Waals surface area contributed by atoms with Crippen LogP contribution in [0.25, 0.3) is 0 Å². The van der Waals surface area contributed by atoms with E-state index < -0.39 is 11.7 Å². The Kier molecular flexibility index (Phi) is 4.72. The third kappa shape index (κ3) is 4.10. The fourth-order valence-corrected chi connectivity index (χ4v) is 2.35. The monoisotopic (exact) mass is 301 g/mol. The van der Waals surface area contributed by atoms with Crippen LogP contribution in [-0.2, 0) is 6.18 Å². The number of amides is 2. The molecule has 1 fully saturated rings. The van der Waals surface area contributed by atoms with Gasteiger partial charge in [-0.1, -0.05) is 6.07 Å². The lowest BCUT2D eigenvalue weighted by Crippen LogP contribution is -2.45. The van der Waals surface area contributed by atoms with Crippen LogP contribution in [0.1, 0.15) is 18.4 Å². The quantitative estimate of drug-likeness (QED) is 0.882. The van der Waals surface area contributed by atoms with Gasteiger partial charge in [-0.2, -0.15) is 13.2 Å². The number of carbonyl (C=O) groups is 1. The molecule has 0 bridgehead atoms. The van der Waals surface area contributed by atoms with Crippen molar-refractivity contribution in [3.8, 4) is 0 Å². The molecule has 4 nitrogen and oxygen atoms in total. The third-order valence-electron chi connectivity index (χ3n) is 3.63. The summed E-state index contributed by atoms with van der Waals surface area (Å²) in [4.78, 5) is 13.7. The number of piperidine rings is 1. The SMILES string of the molecule is CNC1CCN(C(=O)Nc2cccc(C(F)(F)F)c2)CC1. The maximum Gasteiger partial charge on any atom is 0.416 e. The van der Waals surface area contributed by atoms with E-state index in [4.69, 9.17) is 0 Å². The highest BCUT2D eigenvalue weighted by atomic mass is 19.4. The fraction of sp³-hybridized carbons (Fsp3) is 0.500. The number of carbonyl (C=O) groups excluding carboxylic acids is 1. The van der Waals surface area contributed by atoms with Gasteiger partial charge in [-0.3, -0.25) is 0 Å². The van der Waals surface area contributed by atoms with Gasteiger partial charge < -0.3 is 15.5 Å². The fourth-order valence-electron chi connectivity index (χ4n) is 2.35. The largest absolute Gasteiger partial charge is 0.416 e. The molecule has 1 aromatic rings. The Hall–Kier alpha value is -1.76. The van der Waals surface area contributed by atoms with Crippen molar-refractivity contribution in [1.29, 1.82) is 0 Å². The minimum absolute atomic E-state index is 0.158. The Morgan fingerprint density at radius 1 is 1.29 bits per heavy atom. The first-order valence-electron chi connectivity index (χ1n) is 6.80. The van der Waals surface area contributed by atoms with Gasteiger partial charge in [0.2, 0.25) is 0 Å². The molecule has 0 radical (unpaired) electrons. The number of alkyl halides is 3. The standard InChI is InChI=1S/C14H18F3N3O/c1-18-11-5-7-20(8-6-11)13(21)19-12-4-2-3-10(9-12)14(15,16)17/h2-4,9,11,18H,5-8H2,1H3,(H,19,21). The van der Waals surface area contributed by atoms with E-state index >= 15 is 0 Å².